The number of aliphatic hydroxyl groups excluding tert-OH is 1. The van der Waals surface area contributed by atoms with Gasteiger partial charge in [-0.25, -0.2) is 4.79 Å². The molecule has 162 valence electrons. The van der Waals surface area contributed by atoms with Gasteiger partial charge in [0, 0.05) is 29.9 Å². The normalized spacial score (nSPS) is 13.9. The lowest BCUT2D eigenvalue weighted by Crippen LogP contribution is -2.56. The Morgan fingerprint density at radius 2 is 1.73 bits per heavy atom. The zero-order valence-corrected chi connectivity index (χ0v) is 16.1. The second kappa shape index (κ2) is 10.4. The van der Waals surface area contributed by atoms with Crippen molar-refractivity contribution in [1.29, 1.82) is 0 Å². The molecule has 1 aromatic heterocycles. The average Bonchev–Trinajstić information content (AvgIpc) is 3.12. The summed E-state index contributed by atoms with van der Waals surface area (Å²) >= 11 is 0. The van der Waals surface area contributed by atoms with E-state index >= 15 is 0 Å². The van der Waals surface area contributed by atoms with Crippen molar-refractivity contribution in [1.82, 2.24) is 15.6 Å². The molecular formula is C19H25N5O6. The lowest BCUT2D eigenvalue weighted by atomic mass is 10.0. The molecule has 0 spiro atoms. The van der Waals surface area contributed by atoms with Gasteiger partial charge in [0.15, 0.2) is 0 Å². The predicted octanol–water partition coefficient (Wildman–Crippen LogP) is -1.65. The fraction of sp³-hybridized carbons (Fsp3) is 0.368. The van der Waals surface area contributed by atoms with Crippen molar-refractivity contribution in [2.24, 2.45) is 11.5 Å². The summed E-state index contributed by atoms with van der Waals surface area (Å²) in [6, 6.07) is 3.51. The zero-order chi connectivity index (χ0) is 22.3. The summed E-state index contributed by atoms with van der Waals surface area (Å²) in [5.41, 5.74) is 12.2. The SMILES string of the molecule is NC(=O)CCC(N)C(=O)NC(CO)C(=O)NC(Cc1c[nH]c2ccccc12)C(=O)O. The molecule has 11 heteroatoms. The molecule has 3 atom stereocenters. The first kappa shape index (κ1) is 22.8. The van der Waals surface area contributed by atoms with Gasteiger partial charge in [0.2, 0.25) is 17.7 Å². The van der Waals surface area contributed by atoms with Crippen molar-refractivity contribution in [3.63, 3.8) is 0 Å². The number of aromatic amines is 1. The Kier molecular flexibility index (Phi) is 7.90. The smallest absolute Gasteiger partial charge is 0.326 e. The number of carbonyl (C=O) groups excluding carboxylic acids is 3. The van der Waals surface area contributed by atoms with Crippen molar-refractivity contribution in [3.05, 3.63) is 36.0 Å². The number of primary amides is 1. The minimum atomic E-state index is -1.40. The van der Waals surface area contributed by atoms with E-state index in [0.717, 1.165) is 10.9 Å². The lowest BCUT2D eigenvalue weighted by molar-refractivity contribution is -0.142. The minimum Gasteiger partial charge on any atom is -0.480 e. The summed E-state index contributed by atoms with van der Waals surface area (Å²) < 4.78 is 0. The highest BCUT2D eigenvalue weighted by atomic mass is 16.4. The van der Waals surface area contributed by atoms with Crippen LogP contribution in [0.2, 0.25) is 0 Å². The molecule has 2 rings (SSSR count). The number of aromatic nitrogens is 1. The molecule has 0 saturated heterocycles. The van der Waals surface area contributed by atoms with Crippen LogP contribution in [-0.2, 0) is 25.6 Å². The minimum absolute atomic E-state index is 0.00466. The molecule has 0 radical (unpaired) electrons. The Bertz CT molecular complexity index is 927. The number of benzene rings is 1. The van der Waals surface area contributed by atoms with Gasteiger partial charge >= 0.3 is 5.97 Å². The lowest BCUT2D eigenvalue weighted by Gasteiger charge is -2.21. The van der Waals surface area contributed by atoms with E-state index in [4.69, 9.17) is 11.5 Å². The number of aliphatic carboxylic acids is 1. The van der Waals surface area contributed by atoms with Crippen LogP contribution < -0.4 is 22.1 Å². The topological polar surface area (TPSA) is 201 Å². The van der Waals surface area contributed by atoms with Crippen LogP contribution in [0.25, 0.3) is 10.9 Å². The molecule has 1 aromatic carbocycles. The molecule has 11 nitrogen and oxygen atoms in total. The van der Waals surface area contributed by atoms with E-state index in [1.165, 1.54) is 0 Å². The summed E-state index contributed by atoms with van der Waals surface area (Å²) in [7, 11) is 0. The maximum absolute atomic E-state index is 12.4. The van der Waals surface area contributed by atoms with Crippen LogP contribution in [0, 0.1) is 0 Å². The summed E-state index contributed by atoms with van der Waals surface area (Å²) in [5.74, 6) is -3.54. The number of fused-ring (bicyclic) bond motifs is 1. The Hall–Kier alpha value is -3.44. The Balaban J connectivity index is 2.02. The highest BCUT2D eigenvalue weighted by molar-refractivity contribution is 5.92. The van der Waals surface area contributed by atoms with E-state index in [9.17, 15) is 29.4 Å². The summed E-state index contributed by atoms with van der Waals surface area (Å²) in [6.07, 6.45) is 1.51. The maximum Gasteiger partial charge on any atom is 0.326 e. The van der Waals surface area contributed by atoms with Gasteiger partial charge in [-0.2, -0.15) is 0 Å². The number of hydrogen-bond donors (Lipinski definition) is 7. The van der Waals surface area contributed by atoms with Gasteiger partial charge < -0.3 is 37.3 Å². The number of carboxylic acid groups (broad SMARTS) is 1. The van der Waals surface area contributed by atoms with E-state index in [1.54, 1.807) is 6.20 Å². The number of hydrogen-bond acceptors (Lipinski definition) is 6. The van der Waals surface area contributed by atoms with E-state index < -0.39 is 48.4 Å². The van der Waals surface area contributed by atoms with Gasteiger partial charge in [0.1, 0.15) is 12.1 Å². The summed E-state index contributed by atoms with van der Waals surface area (Å²) in [6.45, 7) is -0.764. The van der Waals surface area contributed by atoms with Crippen LogP contribution in [0.1, 0.15) is 18.4 Å². The first-order chi connectivity index (χ1) is 14.2. The number of aliphatic hydroxyl groups is 1. The fourth-order valence-corrected chi connectivity index (χ4v) is 2.89. The first-order valence-corrected chi connectivity index (χ1v) is 9.26. The predicted molar refractivity (Wildman–Crippen MR) is 107 cm³/mol. The van der Waals surface area contributed by atoms with Crippen LogP contribution >= 0.6 is 0 Å². The number of H-pyrrole nitrogens is 1. The van der Waals surface area contributed by atoms with Crippen molar-refractivity contribution < 1.29 is 29.4 Å². The molecule has 0 aliphatic carbocycles. The quantitative estimate of drug-likeness (QED) is 0.226. The van der Waals surface area contributed by atoms with Gasteiger partial charge in [-0.05, 0) is 18.1 Å². The van der Waals surface area contributed by atoms with Crippen LogP contribution in [0.3, 0.4) is 0 Å². The molecule has 0 saturated carbocycles. The monoisotopic (exact) mass is 419 g/mol. The molecule has 3 amide bonds. The van der Waals surface area contributed by atoms with Gasteiger partial charge in [-0.1, -0.05) is 18.2 Å². The van der Waals surface area contributed by atoms with Crippen molar-refractivity contribution in [2.45, 2.75) is 37.4 Å². The second-order valence-corrected chi connectivity index (χ2v) is 6.82. The van der Waals surface area contributed by atoms with Gasteiger partial charge in [0.25, 0.3) is 0 Å². The molecule has 0 bridgehead atoms. The molecule has 30 heavy (non-hydrogen) atoms. The highest BCUT2D eigenvalue weighted by Crippen LogP contribution is 2.19. The number of nitrogens with two attached hydrogens (primary N) is 2. The third-order valence-corrected chi connectivity index (χ3v) is 4.57. The van der Waals surface area contributed by atoms with Crippen molar-refractivity contribution in [3.8, 4) is 0 Å². The molecule has 0 aliphatic rings. The summed E-state index contributed by atoms with van der Waals surface area (Å²) in [4.78, 5) is 49.9. The average molecular weight is 419 g/mol. The molecule has 0 fully saturated rings. The van der Waals surface area contributed by atoms with Crippen molar-refractivity contribution in [2.75, 3.05) is 6.61 Å². The second-order valence-electron chi connectivity index (χ2n) is 6.82. The van der Waals surface area contributed by atoms with E-state index in [-0.39, 0.29) is 19.3 Å². The zero-order valence-electron chi connectivity index (χ0n) is 16.1. The number of para-hydroxylation sites is 1. The van der Waals surface area contributed by atoms with Crippen LogP contribution in [0.4, 0.5) is 0 Å². The molecule has 9 N–H and O–H groups in total. The van der Waals surface area contributed by atoms with Gasteiger partial charge in [0.05, 0.1) is 12.6 Å². The third kappa shape index (κ3) is 6.03. The van der Waals surface area contributed by atoms with Crippen LogP contribution in [0.15, 0.2) is 30.5 Å². The van der Waals surface area contributed by atoms with Gasteiger partial charge in [-0.15, -0.1) is 0 Å². The number of nitrogens with one attached hydrogen (secondary N) is 3. The van der Waals surface area contributed by atoms with E-state index in [2.05, 4.69) is 15.6 Å². The molecule has 0 aliphatic heterocycles. The number of rotatable bonds is 11. The maximum atomic E-state index is 12.4. The van der Waals surface area contributed by atoms with Crippen molar-refractivity contribution >= 4 is 34.6 Å². The van der Waals surface area contributed by atoms with Crippen LogP contribution in [-0.4, -0.2) is 63.6 Å². The third-order valence-electron chi connectivity index (χ3n) is 4.57. The Morgan fingerprint density at radius 3 is 2.37 bits per heavy atom. The molecule has 1 heterocycles. The van der Waals surface area contributed by atoms with Crippen LogP contribution in [0.5, 0.6) is 0 Å². The van der Waals surface area contributed by atoms with Gasteiger partial charge in [-0.3, -0.25) is 14.4 Å². The number of amides is 3. The summed E-state index contributed by atoms with van der Waals surface area (Å²) in [5, 5.41) is 24.3. The first-order valence-electron chi connectivity index (χ1n) is 9.26. The molecule has 3 unspecified atom stereocenters. The Morgan fingerprint density at radius 1 is 1.07 bits per heavy atom. The standard InChI is InChI=1S/C19H25N5O6/c20-12(5-6-16(21)26)17(27)24-15(9-25)18(28)23-14(19(29)30)7-10-8-22-13-4-2-1-3-11(10)13/h1-4,8,12,14-15,22,25H,5-7,9,20H2,(H2,21,26)(H,23,28)(H,24,27)(H,29,30). The molecular weight excluding hydrogens is 394 g/mol. The number of carbonyl (C=O) groups is 4. The largest absolute Gasteiger partial charge is 0.480 e. The highest BCUT2D eigenvalue weighted by Gasteiger charge is 2.28. The van der Waals surface area contributed by atoms with E-state index in [0.29, 0.717) is 5.56 Å². The number of carboxylic acids is 1. The fourth-order valence-electron chi connectivity index (χ4n) is 2.89. The Labute approximate surface area is 171 Å². The van der Waals surface area contributed by atoms with E-state index in [1.807, 2.05) is 24.3 Å². The molecule has 2 aromatic rings.